The zero-order valence-corrected chi connectivity index (χ0v) is 13.0. The Balaban J connectivity index is 3.17. The second-order valence-electron chi connectivity index (χ2n) is 5.55. The van der Waals surface area contributed by atoms with E-state index in [0.717, 1.165) is 17.8 Å². The van der Waals surface area contributed by atoms with Gasteiger partial charge in [0.15, 0.2) is 0 Å². The summed E-state index contributed by atoms with van der Waals surface area (Å²) in [5, 5.41) is 3.36. The number of rotatable bonds is 6. The molecule has 1 aromatic rings. The molecule has 2 unspecified atom stereocenters. The summed E-state index contributed by atoms with van der Waals surface area (Å²) in [5.41, 5.74) is 1.74. The molecule has 0 aliphatic carbocycles. The fraction of sp³-hybridized carbons (Fsp3) is 0.625. The van der Waals surface area contributed by atoms with Gasteiger partial charge in [0.1, 0.15) is 5.82 Å². The minimum atomic E-state index is -0.141. The Kier molecular flexibility index (Phi) is 5.80. The van der Waals surface area contributed by atoms with Gasteiger partial charge in [-0.1, -0.05) is 32.9 Å². The van der Waals surface area contributed by atoms with Crippen molar-refractivity contribution in [1.29, 1.82) is 0 Å². The first kappa shape index (κ1) is 16.0. The second-order valence-corrected chi connectivity index (χ2v) is 5.55. The molecule has 0 saturated carbocycles. The molecule has 19 heavy (non-hydrogen) atoms. The van der Waals surface area contributed by atoms with E-state index < -0.39 is 0 Å². The van der Waals surface area contributed by atoms with E-state index in [1.807, 2.05) is 13.1 Å². The average molecular weight is 266 g/mol. The van der Waals surface area contributed by atoms with Crippen LogP contribution in [0.4, 0.5) is 10.1 Å². The van der Waals surface area contributed by atoms with Crippen LogP contribution in [0.3, 0.4) is 0 Å². The van der Waals surface area contributed by atoms with Crippen molar-refractivity contribution in [3.05, 3.63) is 29.6 Å². The van der Waals surface area contributed by atoms with Crippen molar-refractivity contribution in [2.24, 2.45) is 5.92 Å². The maximum Gasteiger partial charge on any atom is 0.146 e. The van der Waals surface area contributed by atoms with E-state index in [1.165, 1.54) is 0 Å². The number of halogens is 1. The minimum absolute atomic E-state index is 0.141. The lowest BCUT2D eigenvalue weighted by molar-refractivity contribution is 0.492. The lowest BCUT2D eigenvalue weighted by atomic mass is 10.00. The molecule has 2 nitrogen and oxygen atoms in total. The van der Waals surface area contributed by atoms with E-state index >= 15 is 0 Å². The SMILES string of the molecule is CCNC(C)c1cccc(F)c1N(C)C(C)C(C)C. The van der Waals surface area contributed by atoms with Crippen molar-refractivity contribution in [3.8, 4) is 0 Å². The topological polar surface area (TPSA) is 15.3 Å². The van der Waals surface area contributed by atoms with Gasteiger partial charge in [-0.3, -0.25) is 0 Å². The molecule has 1 N–H and O–H groups in total. The van der Waals surface area contributed by atoms with E-state index in [2.05, 4.69) is 44.8 Å². The van der Waals surface area contributed by atoms with E-state index in [0.29, 0.717) is 12.0 Å². The summed E-state index contributed by atoms with van der Waals surface area (Å²) in [6.07, 6.45) is 0. The van der Waals surface area contributed by atoms with Crippen LogP contribution >= 0.6 is 0 Å². The highest BCUT2D eigenvalue weighted by atomic mass is 19.1. The Labute approximate surface area is 117 Å². The largest absolute Gasteiger partial charge is 0.369 e. The monoisotopic (exact) mass is 266 g/mol. The van der Waals surface area contributed by atoms with E-state index in [4.69, 9.17) is 0 Å². The zero-order valence-electron chi connectivity index (χ0n) is 13.0. The van der Waals surface area contributed by atoms with Gasteiger partial charge >= 0.3 is 0 Å². The fourth-order valence-corrected chi connectivity index (χ4v) is 2.32. The molecule has 0 spiro atoms. The summed E-state index contributed by atoms with van der Waals surface area (Å²) < 4.78 is 14.3. The molecule has 3 heteroatoms. The molecule has 0 aromatic heterocycles. The maximum atomic E-state index is 14.3. The molecular formula is C16H27FN2. The molecule has 108 valence electrons. The first-order valence-electron chi connectivity index (χ1n) is 7.14. The molecule has 0 aliphatic heterocycles. The zero-order chi connectivity index (χ0) is 14.6. The third kappa shape index (κ3) is 3.69. The van der Waals surface area contributed by atoms with Gasteiger partial charge in [-0.15, -0.1) is 0 Å². The summed E-state index contributed by atoms with van der Waals surface area (Å²) in [5.74, 6) is 0.337. The molecule has 0 amide bonds. The third-order valence-corrected chi connectivity index (χ3v) is 3.92. The van der Waals surface area contributed by atoms with Crippen LogP contribution in [0, 0.1) is 11.7 Å². The Morgan fingerprint density at radius 1 is 1.21 bits per heavy atom. The molecule has 2 atom stereocenters. The quantitative estimate of drug-likeness (QED) is 0.838. The smallest absolute Gasteiger partial charge is 0.146 e. The number of anilines is 1. The molecule has 0 bridgehead atoms. The first-order chi connectivity index (χ1) is 8.90. The summed E-state index contributed by atoms with van der Waals surface area (Å²) >= 11 is 0. The lowest BCUT2D eigenvalue weighted by Crippen LogP contribution is -2.35. The van der Waals surface area contributed by atoms with Gasteiger partial charge < -0.3 is 10.2 Å². The molecule has 1 aromatic carbocycles. The predicted octanol–water partition coefficient (Wildman–Crippen LogP) is 3.98. The Morgan fingerprint density at radius 3 is 2.37 bits per heavy atom. The van der Waals surface area contributed by atoms with Gasteiger partial charge in [0.05, 0.1) is 5.69 Å². The van der Waals surface area contributed by atoms with Crippen molar-refractivity contribution in [1.82, 2.24) is 5.32 Å². The van der Waals surface area contributed by atoms with Crippen LogP contribution in [-0.4, -0.2) is 19.6 Å². The van der Waals surface area contributed by atoms with E-state index in [1.54, 1.807) is 12.1 Å². The highest BCUT2D eigenvalue weighted by molar-refractivity contribution is 5.56. The lowest BCUT2D eigenvalue weighted by Gasteiger charge is -2.33. The average Bonchev–Trinajstić information content (AvgIpc) is 2.36. The summed E-state index contributed by atoms with van der Waals surface area (Å²) in [7, 11) is 1.98. The van der Waals surface area contributed by atoms with Crippen molar-refractivity contribution < 1.29 is 4.39 Å². The van der Waals surface area contributed by atoms with Gasteiger partial charge in [-0.05, 0) is 37.9 Å². The molecule has 0 aliphatic rings. The normalized spacial score (nSPS) is 14.5. The van der Waals surface area contributed by atoms with Crippen molar-refractivity contribution in [2.75, 3.05) is 18.5 Å². The molecule has 0 saturated heterocycles. The van der Waals surface area contributed by atoms with Gasteiger partial charge in [0.25, 0.3) is 0 Å². The maximum absolute atomic E-state index is 14.3. The van der Waals surface area contributed by atoms with E-state index in [9.17, 15) is 4.39 Å². The fourth-order valence-electron chi connectivity index (χ4n) is 2.32. The minimum Gasteiger partial charge on any atom is -0.369 e. The van der Waals surface area contributed by atoms with Crippen LogP contribution in [0.2, 0.25) is 0 Å². The summed E-state index contributed by atoms with van der Waals surface area (Å²) in [6.45, 7) is 11.5. The van der Waals surface area contributed by atoms with Crippen molar-refractivity contribution in [3.63, 3.8) is 0 Å². The van der Waals surface area contributed by atoms with Crippen LogP contribution in [0.15, 0.2) is 18.2 Å². The van der Waals surface area contributed by atoms with E-state index in [-0.39, 0.29) is 11.9 Å². The molecular weight excluding hydrogens is 239 g/mol. The molecule has 0 fully saturated rings. The Hall–Kier alpha value is -1.09. The summed E-state index contributed by atoms with van der Waals surface area (Å²) in [6, 6.07) is 5.79. The number of benzene rings is 1. The van der Waals surface area contributed by atoms with Crippen LogP contribution in [0.1, 0.15) is 46.2 Å². The third-order valence-electron chi connectivity index (χ3n) is 3.92. The van der Waals surface area contributed by atoms with Crippen LogP contribution in [0.25, 0.3) is 0 Å². The summed E-state index contributed by atoms with van der Waals surface area (Å²) in [4.78, 5) is 2.06. The van der Waals surface area contributed by atoms with Gasteiger partial charge in [-0.2, -0.15) is 0 Å². The number of hydrogen-bond donors (Lipinski definition) is 1. The highest BCUT2D eigenvalue weighted by Gasteiger charge is 2.21. The van der Waals surface area contributed by atoms with Crippen LogP contribution in [0.5, 0.6) is 0 Å². The standard InChI is InChI=1S/C16H27FN2/c1-7-18-12(4)14-9-8-10-15(17)16(14)19(6)13(5)11(2)3/h8-13,18H,7H2,1-6H3. The highest BCUT2D eigenvalue weighted by Crippen LogP contribution is 2.31. The number of hydrogen-bond acceptors (Lipinski definition) is 2. The van der Waals surface area contributed by atoms with Crippen molar-refractivity contribution in [2.45, 2.75) is 46.7 Å². The number of para-hydroxylation sites is 1. The van der Waals surface area contributed by atoms with Crippen LogP contribution < -0.4 is 10.2 Å². The molecule has 0 radical (unpaired) electrons. The van der Waals surface area contributed by atoms with Gasteiger partial charge in [0.2, 0.25) is 0 Å². The molecule has 0 heterocycles. The van der Waals surface area contributed by atoms with Gasteiger partial charge in [0, 0.05) is 19.1 Å². The molecule has 1 rings (SSSR count). The Morgan fingerprint density at radius 2 is 1.84 bits per heavy atom. The van der Waals surface area contributed by atoms with Crippen molar-refractivity contribution >= 4 is 5.69 Å². The number of nitrogens with one attached hydrogen (secondary N) is 1. The first-order valence-corrected chi connectivity index (χ1v) is 7.14. The number of nitrogens with zero attached hydrogens (tertiary/aromatic N) is 1. The van der Waals surface area contributed by atoms with Crippen LogP contribution in [-0.2, 0) is 0 Å². The Bertz CT molecular complexity index is 404. The predicted molar refractivity (Wildman–Crippen MR) is 81.2 cm³/mol. The second kappa shape index (κ2) is 6.90. The van der Waals surface area contributed by atoms with Gasteiger partial charge in [-0.25, -0.2) is 4.39 Å².